The van der Waals surface area contributed by atoms with Gasteiger partial charge in [-0.3, -0.25) is 9.59 Å². The van der Waals surface area contributed by atoms with Crippen LogP contribution >= 0.6 is 0 Å². The topological polar surface area (TPSA) is 61.9 Å². The van der Waals surface area contributed by atoms with Crippen LogP contribution in [0.25, 0.3) is 0 Å². The molecule has 2 heterocycles. The average Bonchev–Trinajstić information content (AvgIpc) is 3.56. The van der Waals surface area contributed by atoms with Gasteiger partial charge in [-0.15, -0.1) is 0 Å². The van der Waals surface area contributed by atoms with Crippen molar-refractivity contribution in [1.82, 2.24) is 15.1 Å². The Labute approximate surface area is 179 Å². The monoisotopic (exact) mass is 413 g/mol. The van der Waals surface area contributed by atoms with Gasteiger partial charge in [0, 0.05) is 26.2 Å². The molecule has 2 aliphatic heterocycles. The molecule has 3 fully saturated rings. The van der Waals surface area contributed by atoms with Gasteiger partial charge < -0.3 is 19.9 Å². The Hall–Kier alpha value is -1.92. The summed E-state index contributed by atoms with van der Waals surface area (Å²) < 4.78 is 5.68. The molecule has 1 atom stereocenters. The second-order valence-corrected chi connectivity index (χ2v) is 9.39. The Morgan fingerprint density at radius 3 is 2.47 bits per heavy atom. The molecule has 2 saturated heterocycles. The highest BCUT2D eigenvalue weighted by Crippen LogP contribution is 2.31. The van der Waals surface area contributed by atoms with Gasteiger partial charge in [0.25, 0.3) is 0 Å². The third kappa shape index (κ3) is 6.29. The van der Waals surface area contributed by atoms with Crippen LogP contribution in [0, 0.1) is 18.8 Å². The van der Waals surface area contributed by atoms with E-state index in [2.05, 4.69) is 10.2 Å². The van der Waals surface area contributed by atoms with Crippen LogP contribution in [-0.2, 0) is 20.7 Å². The molecule has 0 aromatic heterocycles. The highest BCUT2D eigenvalue weighted by molar-refractivity contribution is 5.79. The first-order valence-electron chi connectivity index (χ1n) is 11.5. The Balaban J connectivity index is 1.18. The van der Waals surface area contributed by atoms with E-state index in [1.54, 1.807) is 0 Å². The minimum atomic E-state index is -0.125. The summed E-state index contributed by atoms with van der Waals surface area (Å²) in [6, 6.07) is 8.02. The predicted molar refractivity (Wildman–Crippen MR) is 116 cm³/mol. The number of hydrogen-bond acceptors (Lipinski definition) is 4. The molecule has 30 heavy (non-hydrogen) atoms. The number of amides is 2. The number of nitrogens with zero attached hydrogens (tertiary/aromatic N) is 2. The van der Waals surface area contributed by atoms with Crippen molar-refractivity contribution in [3.8, 4) is 0 Å². The van der Waals surface area contributed by atoms with Crippen LogP contribution in [-0.4, -0.2) is 73.6 Å². The number of piperidine rings is 1. The Bertz CT molecular complexity index is 724. The number of nitrogens with one attached hydrogen (secondary N) is 1. The summed E-state index contributed by atoms with van der Waals surface area (Å²) in [4.78, 5) is 29.2. The van der Waals surface area contributed by atoms with Gasteiger partial charge in [-0.25, -0.2) is 0 Å². The second-order valence-electron chi connectivity index (χ2n) is 9.39. The zero-order valence-electron chi connectivity index (χ0n) is 18.1. The van der Waals surface area contributed by atoms with Gasteiger partial charge in [0.05, 0.1) is 12.5 Å². The van der Waals surface area contributed by atoms with Gasteiger partial charge >= 0.3 is 0 Å². The van der Waals surface area contributed by atoms with E-state index < -0.39 is 0 Å². The zero-order valence-corrected chi connectivity index (χ0v) is 18.1. The molecular weight excluding hydrogens is 378 g/mol. The number of carbonyl (C=O) groups excluding carboxylic acids is 2. The van der Waals surface area contributed by atoms with Gasteiger partial charge in [-0.2, -0.15) is 0 Å². The molecule has 1 aromatic carbocycles. The number of ether oxygens (including phenoxy) is 1. The Kier molecular flexibility index (Phi) is 7.05. The van der Waals surface area contributed by atoms with Gasteiger partial charge in [0.2, 0.25) is 11.8 Å². The number of hydrogen-bond donors (Lipinski definition) is 1. The molecule has 1 unspecified atom stereocenters. The first-order valence-corrected chi connectivity index (χ1v) is 11.5. The molecule has 1 N–H and O–H groups in total. The predicted octanol–water partition coefficient (Wildman–Crippen LogP) is 2.00. The average molecular weight is 414 g/mol. The summed E-state index contributed by atoms with van der Waals surface area (Å²) >= 11 is 0. The van der Waals surface area contributed by atoms with Crippen molar-refractivity contribution in [3.05, 3.63) is 35.4 Å². The van der Waals surface area contributed by atoms with Crippen LogP contribution in [0.15, 0.2) is 24.3 Å². The molecule has 1 aliphatic carbocycles. The van der Waals surface area contributed by atoms with Crippen LogP contribution in [0.4, 0.5) is 0 Å². The highest BCUT2D eigenvalue weighted by atomic mass is 16.5. The molecule has 1 saturated carbocycles. The summed E-state index contributed by atoms with van der Waals surface area (Å²) in [5, 5.41) is 2.98. The van der Waals surface area contributed by atoms with E-state index >= 15 is 0 Å². The van der Waals surface area contributed by atoms with Crippen molar-refractivity contribution in [3.63, 3.8) is 0 Å². The quantitative estimate of drug-likeness (QED) is 0.708. The zero-order chi connectivity index (χ0) is 20.9. The number of likely N-dealkylation sites (tertiary alicyclic amines) is 1. The van der Waals surface area contributed by atoms with Gasteiger partial charge in [-0.05, 0) is 63.1 Å². The number of morpholine rings is 1. The van der Waals surface area contributed by atoms with Crippen molar-refractivity contribution in [2.75, 3.05) is 45.9 Å². The van der Waals surface area contributed by atoms with E-state index in [9.17, 15) is 9.59 Å². The van der Waals surface area contributed by atoms with Crippen molar-refractivity contribution >= 4 is 11.8 Å². The molecule has 3 aliphatic rings. The highest BCUT2D eigenvalue weighted by Gasteiger charge is 2.31. The van der Waals surface area contributed by atoms with E-state index in [4.69, 9.17) is 4.74 Å². The first-order chi connectivity index (χ1) is 14.5. The van der Waals surface area contributed by atoms with E-state index in [0.29, 0.717) is 25.4 Å². The minimum Gasteiger partial charge on any atom is -0.365 e. The molecule has 0 radical (unpaired) electrons. The van der Waals surface area contributed by atoms with E-state index in [0.717, 1.165) is 31.1 Å². The van der Waals surface area contributed by atoms with Gasteiger partial charge in [0.1, 0.15) is 6.61 Å². The summed E-state index contributed by atoms with van der Waals surface area (Å²) in [6.45, 7) is 7.62. The number of aryl methyl sites for hydroxylation is 1. The lowest BCUT2D eigenvalue weighted by molar-refractivity contribution is -0.150. The lowest BCUT2D eigenvalue weighted by atomic mass is 9.95. The van der Waals surface area contributed by atoms with Crippen LogP contribution in [0.2, 0.25) is 0 Å². The SMILES string of the molecule is Cc1ccc(CC(=O)NCC2CN(CC3CCN(CC4CC4)CC3)C(=O)CO2)cc1. The largest absolute Gasteiger partial charge is 0.365 e. The maximum absolute atomic E-state index is 12.3. The third-order valence-corrected chi connectivity index (χ3v) is 6.63. The molecule has 6 nitrogen and oxygen atoms in total. The fourth-order valence-corrected chi connectivity index (χ4v) is 4.49. The Morgan fingerprint density at radius 2 is 1.77 bits per heavy atom. The molecule has 164 valence electrons. The lowest BCUT2D eigenvalue weighted by Gasteiger charge is -2.38. The molecule has 2 amide bonds. The van der Waals surface area contributed by atoms with Crippen molar-refractivity contribution in [2.24, 2.45) is 11.8 Å². The summed E-state index contributed by atoms with van der Waals surface area (Å²) in [6.07, 6.45) is 5.41. The number of benzene rings is 1. The second kappa shape index (κ2) is 9.92. The molecule has 4 rings (SSSR count). The molecule has 0 bridgehead atoms. The van der Waals surface area contributed by atoms with E-state index in [1.807, 2.05) is 36.1 Å². The molecule has 1 aromatic rings. The van der Waals surface area contributed by atoms with Gasteiger partial charge in [-0.1, -0.05) is 29.8 Å². The fraction of sp³-hybridized carbons (Fsp3) is 0.667. The van der Waals surface area contributed by atoms with Crippen LogP contribution < -0.4 is 5.32 Å². The van der Waals surface area contributed by atoms with Crippen molar-refractivity contribution in [2.45, 2.75) is 45.1 Å². The third-order valence-electron chi connectivity index (χ3n) is 6.63. The van der Waals surface area contributed by atoms with Crippen LogP contribution in [0.3, 0.4) is 0 Å². The fourth-order valence-electron chi connectivity index (χ4n) is 4.49. The van der Waals surface area contributed by atoms with Crippen LogP contribution in [0.5, 0.6) is 0 Å². The minimum absolute atomic E-state index is 0.00561. The van der Waals surface area contributed by atoms with Gasteiger partial charge in [0.15, 0.2) is 0 Å². The summed E-state index contributed by atoms with van der Waals surface area (Å²) in [7, 11) is 0. The van der Waals surface area contributed by atoms with Crippen LogP contribution in [0.1, 0.15) is 36.8 Å². The Morgan fingerprint density at radius 1 is 1.07 bits per heavy atom. The maximum Gasteiger partial charge on any atom is 0.248 e. The molecule has 6 heteroatoms. The molecule has 0 spiro atoms. The normalized spacial score (nSPS) is 23.6. The lowest BCUT2D eigenvalue weighted by Crippen LogP contribution is -2.52. The van der Waals surface area contributed by atoms with Crippen molar-refractivity contribution < 1.29 is 14.3 Å². The van der Waals surface area contributed by atoms with E-state index in [1.165, 1.54) is 37.8 Å². The number of rotatable bonds is 8. The van der Waals surface area contributed by atoms with Crippen molar-refractivity contribution in [1.29, 1.82) is 0 Å². The summed E-state index contributed by atoms with van der Waals surface area (Å²) in [5.74, 6) is 1.61. The number of carbonyl (C=O) groups is 2. The standard InChI is InChI=1S/C24H35N3O3/c1-18-2-4-19(5-3-18)12-23(28)25-13-22-16-27(24(29)17-30-22)15-21-8-10-26(11-9-21)14-20-6-7-20/h2-5,20-22H,6-17H2,1H3,(H,25,28). The summed E-state index contributed by atoms with van der Waals surface area (Å²) in [5.41, 5.74) is 2.20. The first kappa shape index (κ1) is 21.3. The van der Waals surface area contributed by atoms with E-state index in [-0.39, 0.29) is 24.5 Å². The molecular formula is C24H35N3O3. The maximum atomic E-state index is 12.3. The smallest absolute Gasteiger partial charge is 0.248 e.